The molecule has 5 aromatic rings. The summed E-state index contributed by atoms with van der Waals surface area (Å²) in [4.78, 5) is 50.3. The van der Waals surface area contributed by atoms with E-state index in [1.165, 1.54) is 18.4 Å². The monoisotopic (exact) mass is 623 g/mol. The van der Waals surface area contributed by atoms with Gasteiger partial charge in [0, 0.05) is 34.0 Å². The van der Waals surface area contributed by atoms with Crippen LogP contribution in [0.1, 0.15) is 47.8 Å². The first kappa shape index (κ1) is 31.8. The minimum Gasteiger partial charge on any atom is -0.423 e. The maximum atomic E-state index is 12.7. The number of ether oxygens (including phenoxy) is 2. The van der Waals surface area contributed by atoms with Gasteiger partial charge in [0.25, 0.3) is 11.8 Å². The fraction of sp³-hybridized carbons (Fsp3) is 0.0263. The highest BCUT2D eigenvalue weighted by atomic mass is 16.5. The van der Waals surface area contributed by atoms with E-state index >= 15 is 0 Å². The molecule has 0 heterocycles. The molecule has 47 heavy (non-hydrogen) atoms. The summed E-state index contributed by atoms with van der Waals surface area (Å²) in [6, 6.07) is 35.7. The number of hydrogen-bond acceptors (Lipinski definition) is 7. The Kier molecular flexibility index (Phi) is 10.4. The van der Waals surface area contributed by atoms with Gasteiger partial charge in [0.1, 0.15) is 11.5 Å². The van der Waals surface area contributed by atoms with Crippen molar-refractivity contribution in [3.63, 3.8) is 0 Å². The maximum absolute atomic E-state index is 12.7. The van der Waals surface area contributed by atoms with Gasteiger partial charge in [-0.3, -0.25) is 9.59 Å². The molecule has 2 amide bonds. The Bertz CT molecular complexity index is 1950. The van der Waals surface area contributed by atoms with E-state index in [0.717, 1.165) is 5.56 Å². The van der Waals surface area contributed by atoms with Crippen LogP contribution in [0.15, 0.2) is 139 Å². The van der Waals surface area contributed by atoms with Crippen molar-refractivity contribution in [2.45, 2.75) is 6.92 Å². The quantitative estimate of drug-likeness (QED) is 0.0577. The van der Waals surface area contributed by atoms with Crippen LogP contribution in [0.2, 0.25) is 0 Å². The molecule has 0 aliphatic carbocycles. The average molecular weight is 624 g/mol. The van der Waals surface area contributed by atoms with Gasteiger partial charge in [-0.05, 0) is 79.7 Å². The van der Waals surface area contributed by atoms with Crippen LogP contribution >= 0.6 is 0 Å². The normalized spacial score (nSPS) is 10.8. The Morgan fingerprint density at radius 1 is 0.596 bits per heavy atom. The Morgan fingerprint density at radius 3 is 1.87 bits per heavy atom. The third-order valence-corrected chi connectivity index (χ3v) is 6.75. The van der Waals surface area contributed by atoms with Gasteiger partial charge < -0.3 is 14.8 Å². The smallest absolute Gasteiger partial charge is 0.343 e. The number of carbonyl (C=O) groups excluding carboxylic acids is 4. The summed E-state index contributed by atoms with van der Waals surface area (Å²) in [6.07, 6.45) is 4.07. The van der Waals surface area contributed by atoms with Crippen LogP contribution in [0.3, 0.4) is 0 Å². The third-order valence-electron chi connectivity index (χ3n) is 6.75. The van der Waals surface area contributed by atoms with E-state index in [4.69, 9.17) is 9.47 Å². The molecule has 0 aromatic heterocycles. The molecule has 0 saturated heterocycles. The molecule has 0 unspecified atom stereocenters. The van der Waals surface area contributed by atoms with Crippen molar-refractivity contribution >= 4 is 41.7 Å². The van der Waals surface area contributed by atoms with Gasteiger partial charge in [0.15, 0.2) is 0 Å². The van der Waals surface area contributed by atoms with E-state index in [0.29, 0.717) is 33.5 Å². The SMILES string of the molecule is Cc1ccc(C(=O)Nc2ccc(C(=O)N/N=C/c3ccccc3OC(=O)/C=C/c3ccccc3OC(=O)c3ccccc3)cc2)cc1. The topological polar surface area (TPSA) is 123 Å². The number of hydrogen-bond donors (Lipinski definition) is 2. The first-order valence-corrected chi connectivity index (χ1v) is 14.5. The Hall–Kier alpha value is -6.61. The van der Waals surface area contributed by atoms with E-state index in [1.54, 1.807) is 115 Å². The lowest BCUT2D eigenvalue weighted by atomic mass is 10.1. The van der Waals surface area contributed by atoms with Crippen LogP contribution in [-0.4, -0.2) is 30.0 Å². The molecule has 0 atom stereocenters. The zero-order chi connectivity index (χ0) is 33.0. The molecule has 0 saturated carbocycles. The highest BCUT2D eigenvalue weighted by Crippen LogP contribution is 2.22. The molecule has 0 aliphatic rings. The molecule has 0 bridgehead atoms. The van der Waals surface area contributed by atoms with Gasteiger partial charge in [-0.2, -0.15) is 5.10 Å². The van der Waals surface area contributed by atoms with Gasteiger partial charge in [-0.25, -0.2) is 15.0 Å². The lowest BCUT2D eigenvalue weighted by Gasteiger charge is -2.08. The number of rotatable bonds is 10. The number of nitrogens with zero attached hydrogens (tertiary/aromatic N) is 1. The summed E-state index contributed by atoms with van der Waals surface area (Å²) in [7, 11) is 0. The van der Waals surface area contributed by atoms with Crippen molar-refractivity contribution in [1.82, 2.24) is 5.43 Å². The van der Waals surface area contributed by atoms with Gasteiger partial charge in [-0.15, -0.1) is 0 Å². The molecule has 9 nitrogen and oxygen atoms in total. The zero-order valence-electron chi connectivity index (χ0n) is 25.3. The summed E-state index contributed by atoms with van der Waals surface area (Å²) in [5.74, 6) is -1.41. The van der Waals surface area contributed by atoms with E-state index in [9.17, 15) is 19.2 Å². The van der Waals surface area contributed by atoms with Gasteiger partial charge in [0.05, 0.1) is 11.8 Å². The second-order valence-corrected chi connectivity index (χ2v) is 10.2. The molecule has 0 aliphatic heterocycles. The average Bonchev–Trinajstić information content (AvgIpc) is 3.09. The number of esters is 2. The van der Waals surface area contributed by atoms with Crippen molar-refractivity contribution in [2.75, 3.05) is 5.32 Å². The van der Waals surface area contributed by atoms with Crippen LogP contribution in [0.25, 0.3) is 6.08 Å². The standard InChI is InChI=1S/C38H29N3O6/c1-26-15-17-28(18-16-26)36(43)40-32-22-19-29(20-23-32)37(44)41-39-25-31-12-6-8-14-34(31)46-35(42)24-21-27-9-5-7-13-33(27)47-38(45)30-10-3-2-4-11-30/h2-25H,1H3,(H,40,43)(H,41,44)/b24-21+,39-25+. The fourth-order valence-electron chi connectivity index (χ4n) is 4.26. The van der Waals surface area contributed by atoms with Crippen LogP contribution in [0.5, 0.6) is 11.5 Å². The van der Waals surface area contributed by atoms with Crippen molar-refractivity contribution in [3.05, 3.63) is 167 Å². The van der Waals surface area contributed by atoms with Crippen molar-refractivity contribution < 1.29 is 28.7 Å². The van der Waals surface area contributed by atoms with Crippen LogP contribution in [0, 0.1) is 6.92 Å². The van der Waals surface area contributed by atoms with E-state index in [2.05, 4.69) is 15.8 Å². The molecular weight excluding hydrogens is 594 g/mol. The minimum absolute atomic E-state index is 0.220. The lowest BCUT2D eigenvalue weighted by molar-refractivity contribution is -0.128. The highest BCUT2D eigenvalue weighted by molar-refractivity contribution is 6.04. The van der Waals surface area contributed by atoms with E-state index in [1.807, 2.05) is 19.1 Å². The molecule has 5 aromatic carbocycles. The van der Waals surface area contributed by atoms with Crippen molar-refractivity contribution in [2.24, 2.45) is 5.10 Å². The highest BCUT2D eigenvalue weighted by Gasteiger charge is 2.12. The number of aryl methyl sites for hydroxylation is 1. The van der Waals surface area contributed by atoms with Crippen molar-refractivity contribution in [3.8, 4) is 11.5 Å². The second kappa shape index (κ2) is 15.4. The number of anilines is 1. The Balaban J connectivity index is 1.16. The number of para-hydroxylation sites is 2. The van der Waals surface area contributed by atoms with Gasteiger partial charge in [0.2, 0.25) is 0 Å². The van der Waals surface area contributed by atoms with Crippen LogP contribution < -0.4 is 20.2 Å². The molecule has 0 spiro atoms. The van der Waals surface area contributed by atoms with Crippen LogP contribution in [0.4, 0.5) is 5.69 Å². The Morgan fingerprint density at radius 2 is 1.17 bits per heavy atom. The summed E-state index contributed by atoms with van der Waals surface area (Å²) in [5.41, 5.74) is 6.25. The second-order valence-electron chi connectivity index (χ2n) is 10.2. The number of hydrazone groups is 1. The summed E-state index contributed by atoms with van der Waals surface area (Å²) >= 11 is 0. The third kappa shape index (κ3) is 8.96. The number of nitrogens with one attached hydrogen (secondary N) is 2. The fourth-order valence-corrected chi connectivity index (χ4v) is 4.26. The molecular formula is C38H29N3O6. The molecule has 9 heteroatoms. The minimum atomic E-state index is -0.673. The molecule has 0 radical (unpaired) electrons. The first-order chi connectivity index (χ1) is 22.9. The summed E-state index contributed by atoms with van der Waals surface area (Å²) in [5, 5.41) is 6.81. The molecule has 2 N–H and O–H groups in total. The van der Waals surface area contributed by atoms with Gasteiger partial charge in [-0.1, -0.05) is 66.2 Å². The first-order valence-electron chi connectivity index (χ1n) is 14.5. The summed E-state index contributed by atoms with van der Waals surface area (Å²) < 4.78 is 11.0. The zero-order valence-corrected chi connectivity index (χ0v) is 25.3. The lowest BCUT2D eigenvalue weighted by Crippen LogP contribution is -2.18. The van der Waals surface area contributed by atoms with E-state index in [-0.39, 0.29) is 17.4 Å². The summed E-state index contributed by atoms with van der Waals surface area (Å²) in [6.45, 7) is 1.94. The van der Waals surface area contributed by atoms with Crippen molar-refractivity contribution in [1.29, 1.82) is 0 Å². The molecule has 5 rings (SSSR count). The number of benzene rings is 5. The maximum Gasteiger partial charge on any atom is 0.343 e. The predicted molar refractivity (Wildman–Crippen MR) is 180 cm³/mol. The molecule has 232 valence electrons. The predicted octanol–water partition coefficient (Wildman–Crippen LogP) is 6.85. The molecule has 0 fully saturated rings. The van der Waals surface area contributed by atoms with Gasteiger partial charge >= 0.3 is 11.9 Å². The van der Waals surface area contributed by atoms with Crippen LogP contribution in [-0.2, 0) is 4.79 Å². The Labute approximate surface area is 271 Å². The number of amides is 2. The van der Waals surface area contributed by atoms with E-state index < -0.39 is 17.8 Å². The largest absolute Gasteiger partial charge is 0.423 e. The number of carbonyl (C=O) groups is 4.